The number of hydrogen-bond donors (Lipinski definition) is 0. The van der Waals surface area contributed by atoms with Gasteiger partial charge in [-0.2, -0.15) is 13.0 Å². The summed E-state index contributed by atoms with van der Waals surface area (Å²) in [7, 11) is -2.22. The number of fused-ring (bicyclic) bond motifs is 3. The van der Waals surface area contributed by atoms with Crippen LogP contribution in [0.3, 0.4) is 0 Å². The van der Waals surface area contributed by atoms with Crippen LogP contribution in [0.15, 0.2) is 41.3 Å². The van der Waals surface area contributed by atoms with Crippen molar-refractivity contribution >= 4 is 60.3 Å². The molecule has 3 aromatic rings. The number of aromatic nitrogens is 1. The maximum atomic E-state index is 11.7. The van der Waals surface area contributed by atoms with Gasteiger partial charge in [-0.05, 0) is 35.1 Å². The summed E-state index contributed by atoms with van der Waals surface area (Å²) in [4.78, 5) is 1.31. The normalized spacial score (nSPS) is 12.9. The van der Waals surface area contributed by atoms with Gasteiger partial charge in [-0.1, -0.05) is 42.5 Å². The second kappa shape index (κ2) is 8.73. The molecule has 1 heterocycles. The van der Waals surface area contributed by atoms with Gasteiger partial charge in [0.05, 0.1) is 18.2 Å². The minimum absolute atomic E-state index is 0.0188. The van der Waals surface area contributed by atoms with Crippen molar-refractivity contribution in [3.8, 4) is 0 Å². The summed E-state index contributed by atoms with van der Waals surface area (Å²) in [6.45, 7) is 2.79. The van der Waals surface area contributed by atoms with E-state index in [1.807, 2.05) is 12.1 Å². The van der Waals surface area contributed by atoms with Crippen molar-refractivity contribution in [2.75, 3.05) is 19.1 Å². The van der Waals surface area contributed by atoms with E-state index in [-0.39, 0.29) is 5.75 Å². The van der Waals surface area contributed by atoms with Crippen molar-refractivity contribution in [3.05, 3.63) is 46.3 Å². The molecular weight excluding hydrogens is 398 g/mol. The van der Waals surface area contributed by atoms with Gasteiger partial charge in [-0.15, -0.1) is 11.8 Å². The number of nitrogens with zero attached hydrogens (tertiary/aromatic N) is 1. The van der Waals surface area contributed by atoms with E-state index in [9.17, 15) is 8.42 Å². The fourth-order valence-corrected chi connectivity index (χ4v) is 5.54. The zero-order valence-electron chi connectivity index (χ0n) is 15.8. The molecule has 0 amide bonds. The maximum absolute atomic E-state index is 11.7. The highest BCUT2D eigenvalue weighted by Crippen LogP contribution is 2.30. The first-order chi connectivity index (χ1) is 13.0. The smallest absolute Gasteiger partial charge is 0.267 e. The summed E-state index contributed by atoms with van der Waals surface area (Å²) in [6.07, 6.45) is 5.81. The Kier molecular flexibility index (Phi) is 6.57. The molecule has 0 N–H and O–H groups in total. The van der Waals surface area contributed by atoms with Gasteiger partial charge in [0, 0.05) is 12.5 Å². The lowest BCUT2D eigenvalue weighted by Gasteiger charge is -2.02. The third kappa shape index (κ3) is 4.54. The molecule has 0 saturated carbocycles. The van der Waals surface area contributed by atoms with Crippen molar-refractivity contribution < 1.29 is 17.2 Å². The van der Waals surface area contributed by atoms with Gasteiger partial charge < -0.3 is 0 Å². The second-order valence-electron chi connectivity index (χ2n) is 6.18. The second-order valence-corrected chi connectivity index (χ2v) is 10.0. The van der Waals surface area contributed by atoms with Crippen LogP contribution in [0.2, 0.25) is 0 Å². The van der Waals surface area contributed by atoms with E-state index < -0.39 is 10.1 Å². The molecule has 2 aromatic carbocycles. The number of benzene rings is 2. The molecule has 27 heavy (non-hydrogen) atoms. The molecule has 7 heteroatoms. The van der Waals surface area contributed by atoms with Gasteiger partial charge in [0.25, 0.3) is 15.1 Å². The number of hydrogen-bond acceptors (Lipinski definition) is 5. The minimum Gasteiger partial charge on any atom is -0.273 e. The lowest BCUT2D eigenvalue weighted by atomic mass is 10.1. The van der Waals surface area contributed by atoms with Crippen LogP contribution in [-0.4, -0.2) is 27.5 Å². The monoisotopic (exact) mass is 422 g/mol. The summed E-state index contributed by atoms with van der Waals surface area (Å²) in [5, 5.41) is 3.54. The quantitative estimate of drug-likeness (QED) is 0.386. The van der Waals surface area contributed by atoms with Gasteiger partial charge in [-0.3, -0.25) is 4.18 Å². The summed E-state index contributed by atoms with van der Waals surface area (Å²) < 4.78 is 31.5. The molecule has 1 aromatic heterocycles. The number of aryl methyl sites for hydroxylation is 1. The average Bonchev–Trinajstić information content (AvgIpc) is 3.03. The van der Waals surface area contributed by atoms with E-state index in [0.717, 1.165) is 11.4 Å². The van der Waals surface area contributed by atoms with Crippen molar-refractivity contribution in [2.45, 2.75) is 26.3 Å². The van der Waals surface area contributed by atoms with Crippen molar-refractivity contribution in [2.24, 2.45) is 0 Å². The Morgan fingerprint density at radius 3 is 2.74 bits per heavy atom. The van der Waals surface area contributed by atoms with E-state index in [0.29, 0.717) is 13.0 Å². The van der Waals surface area contributed by atoms with Crippen LogP contribution < -0.4 is 4.57 Å². The number of allylic oxidation sites excluding steroid dienone is 1. The van der Waals surface area contributed by atoms with E-state index >= 15 is 0 Å². The van der Waals surface area contributed by atoms with Crippen molar-refractivity contribution in [1.29, 1.82) is 0 Å². The highest BCUT2D eigenvalue weighted by molar-refractivity contribution is 8.02. The third-order valence-electron chi connectivity index (χ3n) is 4.54. The molecule has 0 aliphatic rings. The van der Waals surface area contributed by atoms with Crippen LogP contribution in [0.4, 0.5) is 0 Å². The van der Waals surface area contributed by atoms with Crippen molar-refractivity contribution in [1.82, 2.24) is 0 Å². The molecule has 144 valence electrons. The Morgan fingerprint density at radius 1 is 1.26 bits per heavy atom. The fraction of sp³-hybridized carbons (Fsp3) is 0.350. The molecule has 4 nitrogen and oxygen atoms in total. The zero-order chi connectivity index (χ0) is 19.4. The minimum atomic E-state index is -3.44. The lowest BCUT2D eigenvalue weighted by Crippen LogP contribution is -2.36. The zero-order valence-corrected chi connectivity index (χ0v) is 18.2. The Bertz CT molecular complexity index is 1080. The lowest BCUT2D eigenvalue weighted by molar-refractivity contribution is -0.667. The highest BCUT2D eigenvalue weighted by Gasteiger charge is 2.22. The fourth-order valence-electron chi connectivity index (χ4n) is 3.13. The largest absolute Gasteiger partial charge is 0.273 e. The van der Waals surface area contributed by atoms with Crippen LogP contribution >= 0.6 is 23.1 Å². The molecule has 0 aliphatic carbocycles. The molecule has 3 rings (SSSR count). The summed E-state index contributed by atoms with van der Waals surface area (Å²) in [5.74, 6) is 0.0188. The molecule has 0 aliphatic heterocycles. The highest BCUT2D eigenvalue weighted by atomic mass is 32.2. The first kappa shape index (κ1) is 20.3. The van der Waals surface area contributed by atoms with Crippen LogP contribution in [0, 0.1) is 0 Å². The maximum Gasteiger partial charge on any atom is 0.267 e. The molecule has 0 bridgehead atoms. The molecule has 0 spiro atoms. The molecule has 0 radical (unpaired) electrons. The first-order valence-electron chi connectivity index (χ1n) is 8.86. The Morgan fingerprint density at radius 2 is 2.04 bits per heavy atom. The van der Waals surface area contributed by atoms with Crippen LogP contribution in [-0.2, 0) is 20.8 Å². The predicted molar refractivity (Wildman–Crippen MR) is 117 cm³/mol. The van der Waals surface area contributed by atoms with Gasteiger partial charge in [0.1, 0.15) is 4.70 Å². The van der Waals surface area contributed by atoms with Gasteiger partial charge in [0.2, 0.25) is 5.52 Å². The standard InChI is InChI=1S/C20H24NO3S3/c1-4-16(25-3)14-19-21(12-7-13-27(22,23)24-2)20-17-9-6-5-8-15(17)10-11-18(20)26-19/h5-6,8-11,14H,4,7,12-13H2,1-3H3/q+1/b16-14+. The summed E-state index contributed by atoms with van der Waals surface area (Å²) in [6, 6.07) is 12.6. The van der Waals surface area contributed by atoms with Gasteiger partial charge in [-0.25, -0.2) is 0 Å². The Labute approximate surface area is 169 Å². The average molecular weight is 423 g/mol. The molecule has 0 atom stereocenters. The Hall–Kier alpha value is -1.41. The summed E-state index contributed by atoms with van der Waals surface area (Å²) in [5.41, 5.74) is 1.18. The first-order valence-corrected chi connectivity index (χ1v) is 12.5. The number of thiazole rings is 1. The number of thioether (sulfide) groups is 1. The van der Waals surface area contributed by atoms with Gasteiger partial charge in [0.15, 0.2) is 6.54 Å². The molecule has 0 unspecified atom stereocenters. The topological polar surface area (TPSA) is 47.2 Å². The SMILES string of the molecule is CC/C(=C\c1sc2ccc3ccccc3c2[n+]1CCCS(=O)(=O)OC)SC. The van der Waals surface area contributed by atoms with E-state index in [1.54, 1.807) is 23.1 Å². The molecule has 0 saturated heterocycles. The van der Waals surface area contributed by atoms with Gasteiger partial charge >= 0.3 is 0 Å². The van der Waals surface area contributed by atoms with Crippen LogP contribution in [0.25, 0.3) is 27.1 Å². The third-order valence-corrected chi connectivity index (χ3v) is 7.86. The van der Waals surface area contributed by atoms with Crippen molar-refractivity contribution in [3.63, 3.8) is 0 Å². The van der Waals surface area contributed by atoms with Crippen LogP contribution in [0.1, 0.15) is 24.8 Å². The van der Waals surface area contributed by atoms with E-state index in [2.05, 4.69) is 52.3 Å². The van der Waals surface area contributed by atoms with E-state index in [1.165, 1.54) is 33.0 Å². The van der Waals surface area contributed by atoms with E-state index in [4.69, 9.17) is 0 Å². The molecule has 0 fully saturated rings. The van der Waals surface area contributed by atoms with Crippen LogP contribution in [0.5, 0.6) is 0 Å². The molecular formula is C20H24NO3S3+. The summed E-state index contributed by atoms with van der Waals surface area (Å²) >= 11 is 3.51. The Balaban J connectivity index is 2.13. The number of rotatable bonds is 8. The predicted octanol–water partition coefficient (Wildman–Crippen LogP) is 4.82.